The summed E-state index contributed by atoms with van der Waals surface area (Å²) < 4.78 is 10.4. The summed E-state index contributed by atoms with van der Waals surface area (Å²) in [6.45, 7) is 7.66. The van der Waals surface area contributed by atoms with Crippen molar-refractivity contribution in [2.75, 3.05) is 19.8 Å². The summed E-state index contributed by atoms with van der Waals surface area (Å²) in [4.78, 5) is 39.7. The predicted octanol–water partition coefficient (Wildman–Crippen LogP) is 2.87. The minimum atomic E-state index is -1.41. The van der Waals surface area contributed by atoms with Crippen LogP contribution in [0.15, 0.2) is 41.6 Å². The van der Waals surface area contributed by atoms with Crippen LogP contribution in [-0.4, -0.2) is 42.4 Å². The highest BCUT2D eigenvalue weighted by Crippen LogP contribution is 2.39. The number of hydrogen-bond donors (Lipinski definition) is 0. The van der Waals surface area contributed by atoms with Crippen molar-refractivity contribution < 1.29 is 23.9 Å². The van der Waals surface area contributed by atoms with Crippen molar-refractivity contribution in [3.05, 3.63) is 47.2 Å². The number of carbonyl (C=O) groups is 3. The summed E-state index contributed by atoms with van der Waals surface area (Å²) in [6.07, 6.45) is -0.00285. The maximum Gasteiger partial charge on any atom is 0.335 e. The first kappa shape index (κ1) is 20.7. The molecule has 0 fully saturated rings. The Morgan fingerprint density at radius 2 is 1.70 bits per heavy atom. The third-order valence-electron chi connectivity index (χ3n) is 4.93. The summed E-state index contributed by atoms with van der Waals surface area (Å²) in [6, 6.07) is 9.70. The van der Waals surface area contributed by atoms with Crippen LogP contribution in [-0.2, 0) is 30.4 Å². The maximum absolute atomic E-state index is 12.7. The molecule has 0 amide bonds. The van der Waals surface area contributed by atoms with Crippen molar-refractivity contribution in [1.29, 1.82) is 0 Å². The SMILES string of the molecule is CCOC(=O)C1=C(C)N(Cc2ccccc2)CC(C(C)=O)(C(=O)OCC)C1. The van der Waals surface area contributed by atoms with Gasteiger partial charge in [0.1, 0.15) is 11.2 Å². The van der Waals surface area contributed by atoms with E-state index in [4.69, 9.17) is 9.47 Å². The zero-order chi connectivity index (χ0) is 20.0. The zero-order valence-electron chi connectivity index (χ0n) is 16.4. The summed E-state index contributed by atoms with van der Waals surface area (Å²) in [5.74, 6) is -1.40. The predicted molar refractivity (Wildman–Crippen MR) is 101 cm³/mol. The van der Waals surface area contributed by atoms with E-state index in [-0.39, 0.29) is 32.0 Å². The lowest BCUT2D eigenvalue weighted by Gasteiger charge is -2.41. The molecule has 1 unspecified atom stereocenters. The lowest BCUT2D eigenvalue weighted by atomic mass is 9.74. The molecule has 1 heterocycles. The smallest absolute Gasteiger partial charge is 0.335 e. The van der Waals surface area contributed by atoms with Gasteiger partial charge in [0.05, 0.1) is 18.8 Å². The van der Waals surface area contributed by atoms with Crippen molar-refractivity contribution in [2.24, 2.45) is 5.41 Å². The molecule has 6 nitrogen and oxygen atoms in total. The van der Waals surface area contributed by atoms with Gasteiger partial charge in [0, 0.05) is 25.2 Å². The van der Waals surface area contributed by atoms with E-state index < -0.39 is 17.4 Å². The second-order valence-corrected chi connectivity index (χ2v) is 6.66. The topological polar surface area (TPSA) is 72.9 Å². The number of Topliss-reactive ketones (excluding diaryl/α,β-unsaturated/α-hetero) is 1. The van der Waals surface area contributed by atoms with Gasteiger partial charge < -0.3 is 14.4 Å². The Balaban J connectivity index is 2.49. The monoisotopic (exact) mass is 373 g/mol. The average Bonchev–Trinajstić information content (AvgIpc) is 2.64. The van der Waals surface area contributed by atoms with E-state index in [0.717, 1.165) is 11.3 Å². The van der Waals surface area contributed by atoms with E-state index in [0.29, 0.717) is 12.1 Å². The molecule has 0 spiro atoms. The van der Waals surface area contributed by atoms with Crippen molar-refractivity contribution in [3.63, 3.8) is 0 Å². The Labute approximate surface area is 160 Å². The number of ketones is 1. The van der Waals surface area contributed by atoms with Gasteiger partial charge in [-0.15, -0.1) is 0 Å². The lowest BCUT2D eigenvalue weighted by Crippen LogP contribution is -2.52. The Morgan fingerprint density at radius 3 is 2.26 bits per heavy atom. The number of nitrogens with zero attached hydrogens (tertiary/aromatic N) is 1. The molecule has 2 rings (SSSR count). The van der Waals surface area contributed by atoms with Gasteiger partial charge in [0.2, 0.25) is 0 Å². The van der Waals surface area contributed by atoms with Crippen LogP contribution in [0, 0.1) is 5.41 Å². The van der Waals surface area contributed by atoms with Crippen LogP contribution >= 0.6 is 0 Å². The molecule has 0 saturated heterocycles. The molecule has 6 heteroatoms. The first-order valence-corrected chi connectivity index (χ1v) is 9.19. The second kappa shape index (κ2) is 8.84. The van der Waals surface area contributed by atoms with Crippen LogP contribution in [0.1, 0.15) is 39.7 Å². The number of ether oxygens (including phenoxy) is 2. The lowest BCUT2D eigenvalue weighted by molar-refractivity contribution is -0.161. The minimum absolute atomic E-state index is 0.00285. The Kier molecular flexibility index (Phi) is 6.77. The number of allylic oxidation sites excluding steroid dienone is 1. The molecule has 1 aliphatic rings. The molecule has 1 aromatic rings. The molecule has 1 atom stereocenters. The van der Waals surface area contributed by atoms with Gasteiger partial charge in [-0.05, 0) is 33.3 Å². The van der Waals surface area contributed by atoms with Gasteiger partial charge in [-0.3, -0.25) is 9.59 Å². The first-order valence-electron chi connectivity index (χ1n) is 9.19. The van der Waals surface area contributed by atoms with Crippen molar-refractivity contribution in [3.8, 4) is 0 Å². The molecule has 1 aromatic carbocycles. The van der Waals surface area contributed by atoms with Gasteiger partial charge in [-0.25, -0.2) is 4.79 Å². The molecular weight excluding hydrogens is 346 g/mol. The Morgan fingerprint density at radius 1 is 1.07 bits per heavy atom. The van der Waals surface area contributed by atoms with Crippen LogP contribution in [0.4, 0.5) is 0 Å². The van der Waals surface area contributed by atoms with Crippen molar-refractivity contribution >= 4 is 17.7 Å². The molecule has 0 N–H and O–H groups in total. The van der Waals surface area contributed by atoms with E-state index in [1.165, 1.54) is 6.92 Å². The minimum Gasteiger partial charge on any atom is -0.465 e. The highest BCUT2D eigenvalue weighted by molar-refractivity contribution is 6.05. The molecule has 0 bridgehead atoms. The van der Waals surface area contributed by atoms with E-state index in [1.807, 2.05) is 42.2 Å². The number of hydrogen-bond acceptors (Lipinski definition) is 6. The van der Waals surface area contributed by atoms with Crippen LogP contribution < -0.4 is 0 Å². The van der Waals surface area contributed by atoms with Gasteiger partial charge >= 0.3 is 11.9 Å². The number of rotatable bonds is 7. The van der Waals surface area contributed by atoms with Gasteiger partial charge in [0.25, 0.3) is 0 Å². The molecule has 1 aliphatic heterocycles. The van der Waals surface area contributed by atoms with Crippen LogP contribution in [0.5, 0.6) is 0 Å². The Hall–Kier alpha value is -2.63. The Bertz CT molecular complexity index is 740. The van der Waals surface area contributed by atoms with Gasteiger partial charge in [-0.2, -0.15) is 0 Å². The fraction of sp³-hybridized carbons (Fsp3) is 0.476. The number of carbonyl (C=O) groups excluding carboxylic acids is 3. The standard InChI is InChI=1S/C21H27NO5/c1-5-26-19(24)18-12-21(16(4)23,20(25)27-6-2)14-22(15(18)3)13-17-10-8-7-9-11-17/h7-11H,5-6,12-14H2,1-4H3. The van der Waals surface area contributed by atoms with Gasteiger partial charge in [-0.1, -0.05) is 30.3 Å². The largest absolute Gasteiger partial charge is 0.465 e. The highest BCUT2D eigenvalue weighted by atomic mass is 16.5. The first-order chi connectivity index (χ1) is 12.9. The second-order valence-electron chi connectivity index (χ2n) is 6.66. The van der Waals surface area contributed by atoms with Crippen LogP contribution in [0.3, 0.4) is 0 Å². The quantitative estimate of drug-likeness (QED) is 0.541. The zero-order valence-corrected chi connectivity index (χ0v) is 16.4. The third-order valence-corrected chi connectivity index (χ3v) is 4.93. The van der Waals surface area contributed by atoms with Crippen molar-refractivity contribution in [1.82, 2.24) is 4.90 Å². The molecule has 0 aromatic heterocycles. The normalized spacial score (nSPS) is 19.6. The molecule has 146 valence electrons. The summed E-state index contributed by atoms with van der Waals surface area (Å²) in [5.41, 5.74) is 0.677. The van der Waals surface area contributed by atoms with E-state index >= 15 is 0 Å². The molecule has 27 heavy (non-hydrogen) atoms. The molecule has 0 radical (unpaired) electrons. The van der Waals surface area contributed by atoms with E-state index in [1.54, 1.807) is 13.8 Å². The molecular formula is C21H27NO5. The summed E-state index contributed by atoms with van der Waals surface area (Å²) >= 11 is 0. The van der Waals surface area contributed by atoms with E-state index in [2.05, 4.69) is 0 Å². The summed E-state index contributed by atoms with van der Waals surface area (Å²) in [5, 5.41) is 0. The molecule has 0 aliphatic carbocycles. The third kappa shape index (κ3) is 4.38. The van der Waals surface area contributed by atoms with Crippen molar-refractivity contribution in [2.45, 2.75) is 40.7 Å². The fourth-order valence-corrected chi connectivity index (χ4v) is 3.32. The number of benzene rings is 1. The van der Waals surface area contributed by atoms with Crippen LogP contribution in [0.25, 0.3) is 0 Å². The maximum atomic E-state index is 12.7. The number of esters is 2. The fourth-order valence-electron chi connectivity index (χ4n) is 3.32. The summed E-state index contributed by atoms with van der Waals surface area (Å²) in [7, 11) is 0. The van der Waals surface area contributed by atoms with Gasteiger partial charge in [0.15, 0.2) is 0 Å². The van der Waals surface area contributed by atoms with Crippen LogP contribution in [0.2, 0.25) is 0 Å². The van der Waals surface area contributed by atoms with E-state index in [9.17, 15) is 14.4 Å². The highest BCUT2D eigenvalue weighted by Gasteiger charge is 2.51. The molecule has 0 saturated carbocycles. The average molecular weight is 373 g/mol.